The van der Waals surface area contributed by atoms with Gasteiger partial charge in [-0.15, -0.1) is 12.8 Å². The number of aliphatic hydroxyl groups is 1. The summed E-state index contributed by atoms with van der Waals surface area (Å²) < 4.78 is 0. The number of nitrogens with one attached hydrogen (secondary N) is 1. The van der Waals surface area contributed by atoms with Crippen LogP contribution < -0.4 is 11.1 Å². The van der Waals surface area contributed by atoms with E-state index in [2.05, 4.69) is 43.9 Å². The third-order valence-corrected chi connectivity index (χ3v) is 7.19. The summed E-state index contributed by atoms with van der Waals surface area (Å²) in [6.45, 7) is 8.88. The molecule has 7 nitrogen and oxygen atoms in total. The highest BCUT2D eigenvalue weighted by atomic mass is 16.3. The molecule has 1 aromatic carbocycles. The molecular weight excluding hydrogens is 416 g/mol. The number of aliphatic imine (C=N–C) groups is 1. The van der Waals surface area contributed by atoms with Crippen molar-refractivity contribution < 1.29 is 14.7 Å². The molecule has 1 fully saturated rings. The summed E-state index contributed by atoms with van der Waals surface area (Å²) in [4.78, 5) is 28.9. The number of terminal acetylenes is 1. The van der Waals surface area contributed by atoms with Gasteiger partial charge in [-0.2, -0.15) is 0 Å². The zero-order valence-electron chi connectivity index (χ0n) is 20.3. The lowest BCUT2D eigenvalue weighted by atomic mass is 9.88. The average molecular weight is 455 g/mol. The van der Waals surface area contributed by atoms with Gasteiger partial charge in [0.05, 0.1) is 23.6 Å². The number of fused-ring (bicyclic) bond motifs is 1. The van der Waals surface area contributed by atoms with Gasteiger partial charge in [0.1, 0.15) is 0 Å². The molecule has 33 heavy (non-hydrogen) atoms. The average Bonchev–Trinajstić information content (AvgIpc) is 3.43. The van der Waals surface area contributed by atoms with Crippen LogP contribution >= 0.6 is 0 Å². The predicted molar refractivity (Wildman–Crippen MR) is 131 cm³/mol. The topological polar surface area (TPSA) is 108 Å². The first kappa shape index (κ1) is 26.4. The normalized spacial score (nSPS) is 28.8. The van der Waals surface area contributed by atoms with E-state index in [4.69, 9.17) is 5.73 Å². The predicted octanol–water partition coefficient (Wildman–Crippen LogP) is 2.78. The second kappa shape index (κ2) is 10.8. The highest BCUT2D eigenvalue weighted by Gasteiger charge is 2.42. The lowest BCUT2D eigenvalue weighted by molar-refractivity contribution is -0.130. The molecule has 4 N–H and O–H groups in total. The first-order valence-electron chi connectivity index (χ1n) is 11.6. The summed E-state index contributed by atoms with van der Waals surface area (Å²) in [5.41, 5.74) is 6.99. The van der Waals surface area contributed by atoms with E-state index in [1.807, 2.05) is 24.3 Å². The molecule has 7 heteroatoms. The third kappa shape index (κ3) is 5.94. The smallest absolute Gasteiger partial charge is 0.231 e. The fourth-order valence-corrected chi connectivity index (χ4v) is 4.73. The fourth-order valence-electron chi connectivity index (χ4n) is 4.73. The standard InChI is InChI=1S/C13H23N3O.C11H13NO2.C2H2/c1-4-13(5-2)7-11(17)16(12(14)15-13)8-10-6-9(10)3;1-11(14)6-8-4-2-3-5-9(8)10(11)12-7-13;1-2/h9-10H,4-8H2,1-3H3,(H2,14,15);2-5,7,10,14H,6H2,1H3,(H,12,13);1-2H/t9?,10-;10-,11?;/m11./s1. The minimum Gasteiger partial charge on any atom is -0.387 e. The highest BCUT2D eigenvalue weighted by molar-refractivity contribution is 5.99. The van der Waals surface area contributed by atoms with Crippen molar-refractivity contribution in [3.05, 3.63) is 35.4 Å². The molecule has 2 unspecified atom stereocenters. The number of rotatable bonds is 6. The number of nitrogens with zero attached hydrogens (tertiary/aromatic N) is 2. The quantitative estimate of drug-likeness (QED) is 0.454. The highest BCUT2D eigenvalue weighted by Crippen LogP contribution is 2.40. The molecule has 0 aromatic heterocycles. The molecule has 4 atom stereocenters. The van der Waals surface area contributed by atoms with Gasteiger partial charge in [-0.25, -0.2) is 4.99 Å². The molecule has 180 valence electrons. The Morgan fingerprint density at radius 1 is 1.27 bits per heavy atom. The van der Waals surface area contributed by atoms with Crippen molar-refractivity contribution in [3.8, 4) is 12.8 Å². The van der Waals surface area contributed by atoms with Crippen LogP contribution in [0.3, 0.4) is 0 Å². The lowest BCUT2D eigenvalue weighted by Crippen LogP contribution is -2.52. The van der Waals surface area contributed by atoms with Gasteiger partial charge in [-0.3, -0.25) is 14.5 Å². The van der Waals surface area contributed by atoms with E-state index in [0.29, 0.717) is 31.1 Å². The number of hydrogen-bond acceptors (Lipinski definition) is 5. The zero-order chi connectivity index (χ0) is 24.8. The second-order valence-corrected chi connectivity index (χ2v) is 9.51. The van der Waals surface area contributed by atoms with Crippen LogP contribution in [0.15, 0.2) is 29.3 Å². The summed E-state index contributed by atoms with van der Waals surface area (Å²) in [7, 11) is 0. The molecule has 1 saturated carbocycles. The first-order valence-corrected chi connectivity index (χ1v) is 11.6. The Kier molecular flexibility index (Phi) is 8.68. The molecule has 0 spiro atoms. The summed E-state index contributed by atoms with van der Waals surface area (Å²) in [6, 6.07) is 7.50. The molecule has 0 radical (unpaired) electrons. The number of guanidine groups is 1. The van der Waals surface area contributed by atoms with Crippen molar-refractivity contribution in [1.82, 2.24) is 10.2 Å². The lowest BCUT2D eigenvalue weighted by Gasteiger charge is -2.36. The van der Waals surface area contributed by atoms with Crippen molar-refractivity contribution in [1.29, 1.82) is 0 Å². The minimum absolute atomic E-state index is 0.153. The Hall–Kier alpha value is -2.85. The van der Waals surface area contributed by atoms with E-state index in [0.717, 1.165) is 36.4 Å². The summed E-state index contributed by atoms with van der Waals surface area (Å²) in [5.74, 6) is 1.95. The number of carbonyl (C=O) groups excluding carboxylic acids is 2. The number of carbonyl (C=O) groups is 2. The number of benzene rings is 1. The SMILES string of the molecule is C#C.CC1(O)Cc2ccccc2[C@H]1NC=O.CCC1(CC)CC(=O)N(C[C@H]2CC2C)C(N)=N1. The van der Waals surface area contributed by atoms with Crippen molar-refractivity contribution in [2.45, 2.75) is 77.0 Å². The van der Waals surface area contributed by atoms with Gasteiger partial charge in [0, 0.05) is 13.0 Å². The van der Waals surface area contributed by atoms with Gasteiger partial charge >= 0.3 is 0 Å². The summed E-state index contributed by atoms with van der Waals surface area (Å²) in [5, 5.41) is 12.7. The van der Waals surface area contributed by atoms with Crippen LogP contribution in [0, 0.1) is 24.7 Å². The maximum Gasteiger partial charge on any atom is 0.231 e. The molecule has 1 aromatic rings. The Morgan fingerprint density at radius 3 is 2.39 bits per heavy atom. The van der Waals surface area contributed by atoms with Crippen molar-refractivity contribution in [3.63, 3.8) is 0 Å². The van der Waals surface area contributed by atoms with E-state index < -0.39 is 5.60 Å². The maximum absolute atomic E-state index is 12.2. The Morgan fingerprint density at radius 2 is 1.88 bits per heavy atom. The molecular formula is C26H38N4O3. The van der Waals surface area contributed by atoms with Crippen molar-refractivity contribution >= 4 is 18.3 Å². The van der Waals surface area contributed by atoms with E-state index in [1.165, 1.54) is 6.42 Å². The van der Waals surface area contributed by atoms with Crippen LogP contribution in [0.1, 0.15) is 70.5 Å². The van der Waals surface area contributed by atoms with Crippen molar-refractivity contribution in [2.24, 2.45) is 22.6 Å². The summed E-state index contributed by atoms with van der Waals surface area (Å²) in [6.07, 6.45) is 12.7. The van der Waals surface area contributed by atoms with Gasteiger partial charge in [-0.1, -0.05) is 45.0 Å². The van der Waals surface area contributed by atoms with Crippen LogP contribution in [0.5, 0.6) is 0 Å². The molecule has 2 amide bonds. The fraction of sp³-hybridized carbons (Fsp3) is 0.577. The Bertz CT molecular complexity index is 889. The Labute approximate surface area is 197 Å². The van der Waals surface area contributed by atoms with E-state index in [1.54, 1.807) is 11.8 Å². The molecule has 1 aliphatic heterocycles. The molecule has 1 heterocycles. The molecule has 0 saturated heterocycles. The van der Waals surface area contributed by atoms with Gasteiger partial charge < -0.3 is 16.2 Å². The van der Waals surface area contributed by atoms with Crippen LogP contribution in [0.25, 0.3) is 0 Å². The first-order chi connectivity index (χ1) is 15.7. The molecule has 3 aliphatic rings. The van der Waals surface area contributed by atoms with E-state index in [-0.39, 0.29) is 17.5 Å². The van der Waals surface area contributed by atoms with Crippen LogP contribution in [-0.2, 0) is 16.0 Å². The largest absolute Gasteiger partial charge is 0.387 e. The molecule has 0 bridgehead atoms. The van der Waals surface area contributed by atoms with Gasteiger partial charge in [0.25, 0.3) is 0 Å². The maximum atomic E-state index is 12.2. The van der Waals surface area contributed by atoms with Gasteiger partial charge in [-0.05, 0) is 49.1 Å². The zero-order valence-corrected chi connectivity index (χ0v) is 20.3. The second-order valence-electron chi connectivity index (χ2n) is 9.51. The number of hydrogen-bond donors (Lipinski definition) is 3. The monoisotopic (exact) mass is 454 g/mol. The molecule has 4 rings (SSSR count). The van der Waals surface area contributed by atoms with E-state index >= 15 is 0 Å². The number of nitrogens with two attached hydrogens (primary N) is 1. The van der Waals surface area contributed by atoms with Crippen LogP contribution in [-0.4, -0.2) is 46.0 Å². The summed E-state index contributed by atoms with van der Waals surface area (Å²) >= 11 is 0. The van der Waals surface area contributed by atoms with Gasteiger partial charge in [0.2, 0.25) is 12.3 Å². The van der Waals surface area contributed by atoms with Gasteiger partial charge in [0.15, 0.2) is 5.96 Å². The Balaban J connectivity index is 0.000000221. The van der Waals surface area contributed by atoms with Crippen molar-refractivity contribution in [2.75, 3.05) is 6.54 Å². The minimum atomic E-state index is -0.870. The molecule has 2 aliphatic carbocycles. The van der Waals surface area contributed by atoms with E-state index in [9.17, 15) is 14.7 Å². The van der Waals surface area contributed by atoms with Crippen LogP contribution in [0.4, 0.5) is 0 Å². The number of amides is 2. The third-order valence-electron chi connectivity index (χ3n) is 7.19. The van der Waals surface area contributed by atoms with Crippen LogP contribution in [0.2, 0.25) is 0 Å².